The second kappa shape index (κ2) is 8.62. The minimum Gasteiger partial charge on any atom is -0.496 e. The molecule has 1 amide bonds. The van der Waals surface area contributed by atoms with Gasteiger partial charge in [-0.1, -0.05) is 0 Å². The summed E-state index contributed by atoms with van der Waals surface area (Å²) >= 11 is 0. The Morgan fingerprint density at radius 1 is 1.22 bits per heavy atom. The molecule has 1 saturated heterocycles. The first-order valence-electron chi connectivity index (χ1n) is 7.97. The standard InChI is InChI=1S/C17H26N2O4/c1-21-13-9-15(22-2)14(16(10-13)23-3)6-8-19-17(20)12-5-4-7-18-11-12/h9-10,12,18H,4-8,11H2,1-3H3,(H,19,20). The molecule has 0 spiro atoms. The van der Waals surface area contributed by atoms with Crippen LogP contribution in [0.2, 0.25) is 0 Å². The number of benzene rings is 1. The van der Waals surface area contributed by atoms with Gasteiger partial charge in [0.05, 0.1) is 27.2 Å². The van der Waals surface area contributed by atoms with Gasteiger partial charge in [-0.05, 0) is 25.8 Å². The second-order valence-electron chi connectivity index (χ2n) is 5.59. The summed E-state index contributed by atoms with van der Waals surface area (Å²) in [5.41, 5.74) is 0.929. The second-order valence-corrected chi connectivity index (χ2v) is 5.59. The van der Waals surface area contributed by atoms with Gasteiger partial charge < -0.3 is 24.8 Å². The fourth-order valence-electron chi connectivity index (χ4n) is 2.85. The number of piperidine rings is 1. The highest BCUT2D eigenvalue weighted by Gasteiger charge is 2.21. The highest BCUT2D eigenvalue weighted by atomic mass is 16.5. The van der Waals surface area contributed by atoms with E-state index in [-0.39, 0.29) is 11.8 Å². The first kappa shape index (κ1) is 17.4. The van der Waals surface area contributed by atoms with Gasteiger partial charge in [0.25, 0.3) is 0 Å². The molecule has 23 heavy (non-hydrogen) atoms. The Bertz CT molecular complexity index is 502. The van der Waals surface area contributed by atoms with E-state index in [4.69, 9.17) is 14.2 Å². The van der Waals surface area contributed by atoms with Crippen LogP contribution in [0.3, 0.4) is 0 Å². The lowest BCUT2D eigenvalue weighted by Gasteiger charge is -2.22. The van der Waals surface area contributed by atoms with Crippen molar-refractivity contribution in [3.8, 4) is 17.2 Å². The molecule has 1 fully saturated rings. The van der Waals surface area contributed by atoms with Crippen LogP contribution in [0.1, 0.15) is 18.4 Å². The molecule has 1 aliphatic heterocycles. The molecule has 0 aliphatic carbocycles. The Morgan fingerprint density at radius 3 is 2.43 bits per heavy atom. The molecule has 128 valence electrons. The maximum atomic E-state index is 12.2. The molecule has 0 aromatic heterocycles. The van der Waals surface area contributed by atoms with E-state index < -0.39 is 0 Å². The minimum absolute atomic E-state index is 0.0726. The van der Waals surface area contributed by atoms with Crippen LogP contribution in [0.15, 0.2) is 12.1 Å². The summed E-state index contributed by atoms with van der Waals surface area (Å²) in [5.74, 6) is 2.27. The number of carbonyl (C=O) groups excluding carboxylic acids is 1. The molecule has 2 rings (SSSR count). The molecule has 1 aromatic carbocycles. The number of hydrogen-bond acceptors (Lipinski definition) is 5. The average molecular weight is 322 g/mol. The molecule has 0 radical (unpaired) electrons. The van der Waals surface area contributed by atoms with E-state index >= 15 is 0 Å². The van der Waals surface area contributed by atoms with E-state index in [1.807, 2.05) is 12.1 Å². The summed E-state index contributed by atoms with van der Waals surface area (Å²) in [6.45, 7) is 2.32. The summed E-state index contributed by atoms with van der Waals surface area (Å²) < 4.78 is 16.1. The molecule has 1 aliphatic rings. The molecule has 2 N–H and O–H groups in total. The smallest absolute Gasteiger partial charge is 0.224 e. The number of methoxy groups -OCH3 is 3. The van der Waals surface area contributed by atoms with Crippen LogP contribution < -0.4 is 24.8 Å². The van der Waals surface area contributed by atoms with Gasteiger partial charge >= 0.3 is 0 Å². The third-order valence-corrected chi connectivity index (χ3v) is 4.16. The summed E-state index contributed by atoms with van der Waals surface area (Å²) in [7, 11) is 4.83. The van der Waals surface area contributed by atoms with Crippen LogP contribution in [-0.4, -0.2) is 46.9 Å². The largest absolute Gasteiger partial charge is 0.496 e. The van der Waals surface area contributed by atoms with Gasteiger partial charge in [0.1, 0.15) is 17.2 Å². The fourth-order valence-corrected chi connectivity index (χ4v) is 2.85. The van der Waals surface area contributed by atoms with Gasteiger partial charge in [0.15, 0.2) is 0 Å². The number of carbonyl (C=O) groups is 1. The molecule has 1 aromatic rings. The van der Waals surface area contributed by atoms with E-state index in [2.05, 4.69) is 10.6 Å². The zero-order chi connectivity index (χ0) is 16.7. The Kier molecular flexibility index (Phi) is 6.52. The number of nitrogens with one attached hydrogen (secondary N) is 2. The van der Waals surface area contributed by atoms with Crippen molar-refractivity contribution in [2.75, 3.05) is 41.0 Å². The molecular formula is C17H26N2O4. The molecular weight excluding hydrogens is 296 g/mol. The fraction of sp³-hybridized carbons (Fsp3) is 0.588. The van der Waals surface area contributed by atoms with Crippen LogP contribution in [0.4, 0.5) is 0 Å². The zero-order valence-electron chi connectivity index (χ0n) is 14.1. The van der Waals surface area contributed by atoms with Crippen LogP contribution in [-0.2, 0) is 11.2 Å². The van der Waals surface area contributed by atoms with Gasteiger partial charge in [-0.15, -0.1) is 0 Å². The van der Waals surface area contributed by atoms with Gasteiger partial charge in [-0.2, -0.15) is 0 Å². The maximum Gasteiger partial charge on any atom is 0.224 e. The van der Waals surface area contributed by atoms with E-state index in [0.717, 1.165) is 31.5 Å². The van der Waals surface area contributed by atoms with Crippen molar-refractivity contribution in [3.05, 3.63) is 17.7 Å². The quantitative estimate of drug-likeness (QED) is 0.793. The van der Waals surface area contributed by atoms with Crippen molar-refractivity contribution in [1.82, 2.24) is 10.6 Å². The first-order chi connectivity index (χ1) is 11.2. The molecule has 0 bridgehead atoms. The number of hydrogen-bond donors (Lipinski definition) is 2. The molecule has 1 heterocycles. The molecule has 1 atom stereocenters. The average Bonchev–Trinajstić information content (AvgIpc) is 2.62. The number of amides is 1. The van der Waals surface area contributed by atoms with Crippen LogP contribution in [0.25, 0.3) is 0 Å². The third kappa shape index (κ3) is 4.51. The molecule has 1 unspecified atom stereocenters. The van der Waals surface area contributed by atoms with Crippen molar-refractivity contribution < 1.29 is 19.0 Å². The van der Waals surface area contributed by atoms with E-state index in [9.17, 15) is 4.79 Å². The van der Waals surface area contributed by atoms with Crippen molar-refractivity contribution in [2.24, 2.45) is 5.92 Å². The zero-order valence-corrected chi connectivity index (χ0v) is 14.1. The van der Waals surface area contributed by atoms with Gasteiger partial charge in [0, 0.05) is 30.8 Å². The summed E-state index contributed by atoms with van der Waals surface area (Å²) in [4.78, 5) is 12.2. The maximum absolute atomic E-state index is 12.2. The normalized spacial score (nSPS) is 17.4. The highest BCUT2D eigenvalue weighted by molar-refractivity contribution is 5.79. The van der Waals surface area contributed by atoms with Crippen LogP contribution in [0, 0.1) is 5.92 Å². The summed E-state index contributed by atoms with van der Waals surface area (Å²) in [6, 6.07) is 3.65. The predicted molar refractivity (Wildman–Crippen MR) is 88.4 cm³/mol. The number of rotatable bonds is 7. The number of ether oxygens (including phenoxy) is 3. The van der Waals surface area contributed by atoms with E-state index in [0.29, 0.717) is 30.2 Å². The highest BCUT2D eigenvalue weighted by Crippen LogP contribution is 2.34. The molecule has 6 heteroatoms. The SMILES string of the molecule is COc1cc(OC)c(CCNC(=O)C2CCCNC2)c(OC)c1. The summed E-state index contributed by atoms with van der Waals surface area (Å²) in [5, 5.41) is 6.27. The van der Waals surface area contributed by atoms with Crippen molar-refractivity contribution in [2.45, 2.75) is 19.3 Å². The Morgan fingerprint density at radius 2 is 1.91 bits per heavy atom. The minimum atomic E-state index is 0.0726. The van der Waals surface area contributed by atoms with Crippen LogP contribution >= 0.6 is 0 Å². The summed E-state index contributed by atoms with van der Waals surface area (Å²) in [6.07, 6.45) is 2.65. The lowest BCUT2D eigenvalue weighted by Crippen LogP contribution is -2.41. The monoisotopic (exact) mass is 322 g/mol. The van der Waals surface area contributed by atoms with E-state index in [1.54, 1.807) is 21.3 Å². The predicted octanol–water partition coefficient (Wildman–Crippen LogP) is 1.37. The van der Waals surface area contributed by atoms with Crippen molar-refractivity contribution in [3.63, 3.8) is 0 Å². The Hall–Kier alpha value is -1.95. The van der Waals surface area contributed by atoms with Gasteiger partial charge in [-0.3, -0.25) is 4.79 Å². The van der Waals surface area contributed by atoms with Crippen LogP contribution in [0.5, 0.6) is 17.2 Å². The Balaban J connectivity index is 1.97. The Labute approximate surface area is 137 Å². The lowest BCUT2D eigenvalue weighted by molar-refractivity contribution is -0.125. The topological polar surface area (TPSA) is 68.8 Å². The van der Waals surface area contributed by atoms with Gasteiger partial charge in [-0.25, -0.2) is 0 Å². The molecule has 6 nitrogen and oxygen atoms in total. The lowest BCUT2D eigenvalue weighted by atomic mass is 9.99. The molecule has 0 saturated carbocycles. The van der Waals surface area contributed by atoms with Gasteiger partial charge in [0.2, 0.25) is 5.91 Å². The van der Waals surface area contributed by atoms with Crippen molar-refractivity contribution in [1.29, 1.82) is 0 Å². The third-order valence-electron chi connectivity index (χ3n) is 4.16. The van der Waals surface area contributed by atoms with Crippen molar-refractivity contribution >= 4 is 5.91 Å². The first-order valence-corrected chi connectivity index (χ1v) is 7.97. The van der Waals surface area contributed by atoms with E-state index in [1.165, 1.54) is 0 Å².